The average molecular weight is 417 g/mol. The highest BCUT2D eigenvalue weighted by Crippen LogP contribution is 2.35. The molecule has 1 aliphatic heterocycles. The molecule has 3 aromatic rings. The maximum atomic E-state index is 12.0. The van der Waals surface area contributed by atoms with Crippen LogP contribution in [0.1, 0.15) is 23.2 Å². The van der Waals surface area contributed by atoms with E-state index in [1.807, 2.05) is 90.7 Å². The fraction of sp³-hybridized carbons (Fsp3) is 0.174. The van der Waals surface area contributed by atoms with Gasteiger partial charge < -0.3 is 4.74 Å². The lowest BCUT2D eigenvalue weighted by Gasteiger charge is -2.05. The number of hydrogen-bond donors (Lipinski definition) is 0. The van der Waals surface area contributed by atoms with Gasteiger partial charge in [0, 0.05) is 29.5 Å². The lowest BCUT2D eigenvalue weighted by atomic mass is 10.1. The number of pyridine rings is 2. The largest absolute Gasteiger partial charge is 0.461 e. The summed E-state index contributed by atoms with van der Waals surface area (Å²) in [5.41, 5.74) is 4.69. The second-order valence-electron chi connectivity index (χ2n) is 6.87. The Bertz CT molecular complexity index is 1080. The first kappa shape index (κ1) is 20.0. The van der Waals surface area contributed by atoms with Gasteiger partial charge in [-0.25, -0.2) is 19.1 Å². The molecule has 1 aliphatic rings. The summed E-state index contributed by atoms with van der Waals surface area (Å²) in [6.07, 6.45) is 7.88. The summed E-state index contributed by atoms with van der Waals surface area (Å²) >= 11 is 0. The standard InChI is InChI=1S/C23H22N4O2P/c1-30-24-15-20-7-8-21(26-22(20)16-25-30)19-9-12-27(13-10-19)14-11-23(28)29-17-18-5-3-2-4-6-18/h2-10,12-13,15-16H,11,14,17H2,1H3/q+1. The van der Waals surface area contributed by atoms with Crippen molar-refractivity contribution < 1.29 is 14.1 Å². The van der Waals surface area contributed by atoms with Crippen molar-refractivity contribution in [2.24, 2.45) is 9.53 Å². The fourth-order valence-corrected chi connectivity index (χ4v) is 3.61. The molecule has 0 saturated heterocycles. The van der Waals surface area contributed by atoms with Crippen LogP contribution >= 0.6 is 8.22 Å². The number of nitrogens with zero attached hydrogens (tertiary/aromatic N) is 4. The quantitative estimate of drug-likeness (QED) is 0.346. The number of aryl methyl sites for hydroxylation is 1. The highest BCUT2D eigenvalue weighted by atomic mass is 31.1. The third kappa shape index (κ3) is 5.22. The predicted octanol–water partition coefficient (Wildman–Crippen LogP) is 3.96. The molecule has 0 aliphatic carbocycles. The molecule has 0 bridgehead atoms. The SMILES string of the molecule is CP1N=Cc2ccc(-c3cc[n+](CCC(=O)OCc4ccccc4)cc3)nc2C=N1. The summed E-state index contributed by atoms with van der Waals surface area (Å²) in [5.74, 6) is -0.209. The number of ether oxygens (including phenoxy) is 1. The van der Waals surface area contributed by atoms with Crippen LogP contribution in [0, 0.1) is 0 Å². The molecular weight excluding hydrogens is 395 g/mol. The Labute approximate surface area is 176 Å². The van der Waals surface area contributed by atoms with E-state index in [0.717, 1.165) is 28.1 Å². The van der Waals surface area contributed by atoms with Crippen molar-refractivity contribution in [1.82, 2.24) is 4.98 Å². The number of carbonyl (C=O) groups excluding carboxylic acids is 1. The van der Waals surface area contributed by atoms with Crippen LogP contribution in [0.4, 0.5) is 0 Å². The molecule has 1 unspecified atom stereocenters. The first-order valence-electron chi connectivity index (χ1n) is 9.69. The van der Waals surface area contributed by atoms with Gasteiger partial charge in [0.25, 0.3) is 0 Å². The highest BCUT2D eigenvalue weighted by Gasteiger charge is 2.11. The summed E-state index contributed by atoms with van der Waals surface area (Å²) in [7, 11) is -0.701. The minimum absolute atomic E-state index is 0.209. The van der Waals surface area contributed by atoms with Gasteiger partial charge in [-0.2, -0.15) is 0 Å². The number of aromatic nitrogens is 2. The smallest absolute Gasteiger partial charge is 0.312 e. The Morgan fingerprint density at radius 3 is 2.57 bits per heavy atom. The molecule has 0 N–H and O–H groups in total. The summed E-state index contributed by atoms with van der Waals surface area (Å²) in [5, 5.41) is 0. The van der Waals surface area contributed by atoms with E-state index in [-0.39, 0.29) is 5.97 Å². The first-order chi connectivity index (χ1) is 14.7. The van der Waals surface area contributed by atoms with Crippen LogP contribution in [-0.2, 0) is 22.7 Å². The second-order valence-corrected chi connectivity index (χ2v) is 8.31. The molecule has 0 saturated carbocycles. The third-order valence-corrected chi connectivity index (χ3v) is 5.57. The minimum atomic E-state index is -0.701. The van der Waals surface area contributed by atoms with Gasteiger partial charge in [0.05, 0.1) is 17.6 Å². The van der Waals surface area contributed by atoms with Gasteiger partial charge in [-0.05, 0) is 24.4 Å². The molecule has 0 radical (unpaired) electrons. The van der Waals surface area contributed by atoms with E-state index in [2.05, 4.69) is 9.53 Å². The molecule has 3 heterocycles. The van der Waals surface area contributed by atoms with Gasteiger partial charge >= 0.3 is 5.97 Å². The maximum Gasteiger partial charge on any atom is 0.312 e. The minimum Gasteiger partial charge on any atom is -0.461 e. The molecule has 2 aromatic heterocycles. The van der Waals surface area contributed by atoms with Gasteiger partial charge in [0.1, 0.15) is 21.3 Å². The Morgan fingerprint density at radius 1 is 1.00 bits per heavy atom. The van der Waals surface area contributed by atoms with Crippen LogP contribution in [0.25, 0.3) is 11.3 Å². The molecule has 7 heteroatoms. The maximum absolute atomic E-state index is 12.0. The molecule has 30 heavy (non-hydrogen) atoms. The number of fused-ring (bicyclic) bond motifs is 1. The Morgan fingerprint density at radius 2 is 1.77 bits per heavy atom. The van der Waals surface area contributed by atoms with Crippen LogP contribution in [0.5, 0.6) is 0 Å². The van der Waals surface area contributed by atoms with Crippen molar-refractivity contribution >= 4 is 26.6 Å². The molecule has 0 fully saturated rings. The first-order valence-corrected chi connectivity index (χ1v) is 11.4. The van der Waals surface area contributed by atoms with E-state index in [1.165, 1.54) is 0 Å². The van der Waals surface area contributed by atoms with E-state index >= 15 is 0 Å². The van der Waals surface area contributed by atoms with Crippen LogP contribution in [0.3, 0.4) is 0 Å². The lowest BCUT2D eigenvalue weighted by Crippen LogP contribution is -2.34. The topological polar surface area (TPSA) is 67.8 Å². The van der Waals surface area contributed by atoms with E-state index in [0.29, 0.717) is 19.6 Å². The van der Waals surface area contributed by atoms with Gasteiger partial charge in [-0.15, -0.1) is 0 Å². The molecular formula is C23H22N4O2P+. The number of esters is 1. The fourth-order valence-electron chi connectivity index (χ4n) is 2.98. The molecule has 4 rings (SSSR count). The second kappa shape index (κ2) is 9.51. The Hall–Kier alpha value is -3.24. The van der Waals surface area contributed by atoms with Crippen LogP contribution in [0.15, 0.2) is 76.5 Å². The van der Waals surface area contributed by atoms with Crippen molar-refractivity contribution in [1.29, 1.82) is 0 Å². The number of benzene rings is 1. The summed E-state index contributed by atoms with van der Waals surface area (Å²) in [6.45, 7) is 2.87. The number of hydrogen-bond acceptors (Lipinski definition) is 5. The molecule has 1 atom stereocenters. The van der Waals surface area contributed by atoms with Crippen molar-refractivity contribution in [3.63, 3.8) is 0 Å². The number of rotatable bonds is 6. The zero-order valence-corrected chi connectivity index (χ0v) is 17.6. The van der Waals surface area contributed by atoms with Crippen molar-refractivity contribution in [3.8, 4) is 11.3 Å². The van der Waals surface area contributed by atoms with Gasteiger partial charge in [0.2, 0.25) is 0 Å². The van der Waals surface area contributed by atoms with Crippen LogP contribution < -0.4 is 4.57 Å². The van der Waals surface area contributed by atoms with Crippen molar-refractivity contribution in [2.45, 2.75) is 19.6 Å². The zero-order valence-electron chi connectivity index (χ0n) is 16.7. The molecule has 0 spiro atoms. The van der Waals surface area contributed by atoms with E-state index in [1.54, 1.807) is 0 Å². The van der Waals surface area contributed by atoms with Crippen LogP contribution in [-0.4, -0.2) is 30.0 Å². The van der Waals surface area contributed by atoms with E-state index in [4.69, 9.17) is 9.72 Å². The highest BCUT2D eigenvalue weighted by molar-refractivity contribution is 7.54. The van der Waals surface area contributed by atoms with E-state index in [9.17, 15) is 4.79 Å². The zero-order chi connectivity index (χ0) is 20.8. The average Bonchev–Trinajstić information content (AvgIpc) is 2.98. The van der Waals surface area contributed by atoms with Crippen LogP contribution in [0.2, 0.25) is 0 Å². The molecule has 6 nitrogen and oxygen atoms in total. The lowest BCUT2D eigenvalue weighted by molar-refractivity contribution is -0.695. The Kier molecular flexibility index (Phi) is 6.35. The summed E-state index contributed by atoms with van der Waals surface area (Å²) < 4.78 is 16.1. The monoisotopic (exact) mass is 417 g/mol. The van der Waals surface area contributed by atoms with Gasteiger partial charge in [0.15, 0.2) is 18.9 Å². The number of carbonyl (C=O) groups is 1. The molecule has 0 amide bonds. The molecule has 1 aromatic carbocycles. The third-order valence-electron chi connectivity index (χ3n) is 4.67. The Balaban J connectivity index is 1.35. The summed E-state index contributed by atoms with van der Waals surface area (Å²) in [4.78, 5) is 16.7. The normalized spacial score (nSPS) is 14.8. The summed E-state index contributed by atoms with van der Waals surface area (Å²) in [6, 6.07) is 17.7. The van der Waals surface area contributed by atoms with Crippen molar-refractivity contribution in [2.75, 3.05) is 6.66 Å². The predicted molar refractivity (Wildman–Crippen MR) is 119 cm³/mol. The van der Waals surface area contributed by atoms with E-state index < -0.39 is 8.22 Å². The van der Waals surface area contributed by atoms with Gasteiger partial charge in [-0.3, -0.25) is 4.79 Å². The van der Waals surface area contributed by atoms with Gasteiger partial charge in [-0.1, -0.05) is 30.3 Å². The van der Waals surface area contributed by atoms with Crippen molar-refractivity contribution in [3.05, 3.63) is 83.8 Å². The molecule has 150 valence electrons.